The Labute approximate surface area is 121 Å². The highest BCUT2D eigenvalue weighted by Crippen LogP contribution is 2.25. The maximum Gasteiger partial charge on any atom is 0.141 e. The molecule has 0 aliphatic heterocycles. The molecule has 0 fully saturated rings. The van der Waals surface area contributed by atoms with Crippen LogP contribution in [0.15, 0.2) is 18.2 Å². The fourth-order valence-electron chi connectivity index (χ4n) is 1.90. The molecule has 19 heavy (non-hydrogen) atoms. The van der Waals surface area contributed by atoms with Crippen LogP contribution in [0.5, 0.6) is 5.75 Å². The van der Waals surface area contributed by atoms with Crippen molar-refractivity contribution in [1.29, 1.82) is 0 Å². The first-order chi connectivity index (χ1) is 9.17. The topological polar surface area (TPSA) is 24.5 Å². The highest BCUT2D eigenvalue weighted by atomic mass is 32.2. The quantitative estimate of drug-likeness (QED) is 0.702. The molecule has 1 aromatic rings. The molecule has 108 valence electrons. The van der Waals surface area contributed by atoms with E-state index >= 15 is 0 Å². The third-order valence-electron chi connectivity index (χ3n) is 2.75. The highest BCUT2D eigenvalue weighted by Gasteiger charge is 2.04. The Balaban J connectivity index is 2.57. The molecule has 0 amide bonds. The number of ether oxygens (including phenoxy) is 1. The lowest BCUT2D eigenvalue weighted by molar-refractivity contribution is 0.400. The molecule has 1 aromatic carbocycles. The molecule has 0 aliphatic rings. The van der Waals surface area contributed by atoms with E-state index in [4.69, 9.17) is 4.74 Å². The molecule has 0 bridgehead atoms. The number of nitrogens with zero attached hydrogens (tertiary/aromatic N) is 1. The Bertz CT molecular complexity index is 369. The molecule has 0 atom stereocenters. The molecule has 0 unspecified atom stereocenters. The van der Waals surface area contributed by atoms with Gasteiger partial charge in [-0.3, -0.25) is 0 Å². The second-order valence-electron chi connectivity index (χ2n) is 4.75. The molecule has 0 heterocycles. The van der Waals surface area contributed by atoms with Gasteiger partial charge in [0.1, 0.15) is 5.75 Å². The van der Waals surface area contributed by atoms with Gasteiger partial charge in [-0.25, -0.2) is 0 Å². The van der Waals surface area contributed by atoms with Gasteiger partial charge in [-0.2, -0.15) is 11.8 Å². The minimum atomic E-state index is 0.922. The predicted molar refractivity (Wildman–Crippen MR) is 86.5 cm³/mol. The minimum absolute atomic E-state index is 0.922. The number of nitrogens with one attached hydrogen (secondary N) is 1. The van der Waals surface area contributed by atoms with Gasteiger partial charge in [-0.05, 0) is 49.7 Å². The lowest BCUT2D eigenvalue weighted by Gasteiger charge is -2.15. The Hall–Kier alpha value is -0.870. The first kappa shape index (κ1) is 16.2. The smallest absolute Gasteiger partial charge is 0.141 e. The van der Waals surface area contributed by atoms with E-state index in [1.807, 2.05) is 17.8 Å². The molecular weight excluding hydrogens is 256 g/mol. The molecule has 0 radical (unpaired) electrons. The molecule has 0 saturated heterocycles. The summed E-state index contributed by atoms with van der Waals surface area (Å²) in [6, 6.07) is 6.35. The zero-order valence-corrected chi connectivity index (χ0v) is 13.3. The van der Waals surface area contributed by atoms with E-state index in [1.54, 1.807) is 7.11 Å². The van der Waals surface area contributed by atoms with Gasteiger partial charge >= 0.3 is 0 Å². The first-order valence-corrected chi connectivity index (χ1v) is 7.96. The van der Waals surface area contributed by atoms with E-state index in [-0.39, 0.29) is 0 Å². The molecule has 4 heteroatoms. The van der Waals surface area contributed by atoms with Crippen molar-refractivity contribution in [2.24, 2.45) is 0 Å². The molecular formula is C15H26N2OS. The second kappa shape index (κ2) is 9.10. The van der Waals surface area contributed by atoms with Gasteiger partial charge < -0.3 is 15.0 Å². The van der Waals surface area contributed by atoms with Crippen LogP contribution >= 0.6 is 11.8 Å². The molecule has 3 nitrogen and oxygen atoms in total. The van der Waals surface area contributed by atoms with E-state index in [0.717, 1.165) is 24.5 Å². The molecule has 0 aliphatic carbocycles. The summed E-state index contributed by atoms with van der Waals surface area (Å²) in [7, 11) is 5.89. The van der Waals surface area contributed by atoms with Crippen LogP contribution in [-0.2, 0) is 6.54 Å². The summed E-state index contributed by atoms with van der Waals surface area (Å²) in [4.78, 5) is 2.17. The van der Waals surface area contributed by atoms with Gasteiger partial charge in [-0.15, -0.1) is 0 Å². The molecule has 1 N–H and O–H groups in total. The van der Waals surface area contributed by atoms with E-state index in [9.17, 15) is 0 Å². The Morgan fingerprint density at radius 1 is 1.32 bits per heavy atom. The maximum absolute atomic E-state index is 5.40. The molecule has 0 saturated carbocycles. The number of rotatable bonds is 9. The fourth-order valence-corrected chi connectivity index (χ4v) is 2.54. The van der Waals surface area contributed by atoms with Crippen molar-refractivity contribution in [3.8, 4) is 5.75 Å². The van der Waals surface area contributed by atoms with Crippen molar-refractivity contribution < 1.29 is 4.74 Å². The van der Waals surface area contributed by atoms with Gasteiger partial charge in [0.2, 0.25) is 0 Å². The Kier molecular flexibility index (Phi) is 7.75. The van der Waals surface area contributed by atoms with Crippen molar-refractivity contribution in [2.75, 3.05) is 44.6 Å². The van der Waals surface area contributed by atoms with Crippen molar-refractivity contribution in [1.82, 2.24) is 4.90 Å². The van der Waals surface area contributed by atoms with Crippen LogP contribution < -0.4 is 10.1 Å². The summed E-state index contributed by atoms with van der Waals surface area (Å²) >= 11 is 1.99. The van der Waals surface area contributed by atoms with Crippen LogP contribution in [0, 0.1) is 0 Å². The van der Waals surface area contributed by atoms with Crippen molar-refractivity contribution in [3.05, 3.63) is 23.8 Å². The van der Waals surface area contributed by atoms with Crippen LogP contribution in [0.4, 0.5) is 5.69 Å². The number of anilines is 1. The maximum atomic E-state index is 5.40. The summed E-state index contributed by atoms with van der Waals surface area (Å²) in [6.45, 7) is 4.14. The molecule has 1 rings (SSSR count). The van der Waals surface area contributed by atoms with Crippen LogP contribution in [-0.4, -0.2) is 44.2 Å². The van der Waals surface area contributed by atoms with E-state index in [2.05, 4.69) is 43.4 Å². The summed E-state index contributed by atoms with van der Waals surface area (Å²) < 4.78 is 5.40. The minimum Gasteiger partial charge on any atom is -0.495 e. The SMILES string of the molecule is CCSCCCNc1cc(CN(C)C)ccc1OC. The Morgan fingerprint density at radius 3 is 2.74 bits per heavy atom. The van der Waals surface area contributed by atoms with Crippen LogP contribution in [0.2, 0.25) is 0 Å². The number of hydrogen-bond donors (Lipinski definition) is 1. The average Bonchev–Trinajstić information content (AvgIpc) is 2.38. The summed E-state index contributed by atoms with van der Waals surface area (Å²) in [5.74, 6) is 3.33. The summed E-state index contributed by atoms with van der Waals surface area (Å²) in [5.41, 5.74) is 2.40. The van der Waals surface area contributed by atoms with Gasteiger partial charge in [0.25, 0.3) is 0 Å². The number of thioether (sulfide) groups is 1. The van der Waals surface area contributed by atoms with Gasteiger partial charge in [0.15, 0.2) is 0 Å². The molecule has 0 aromatic heterocycles. The number of benzene rings is 1. The zero-order chi connectivity index (χ0) is 14.1. The van der Waals surface area contributed by atoms with Crippen molar-refractivity contribution >= 4 is 17.4 Å². The van der Waals surface area contributed by atoms with Crippen LogP contribution in [0.25, 0.3) is 0 Å². The van der Waals surface area contributed by atoms with Gasteiger partial charge in [0.05, 0.1) is 12.8 Å². The Morgan fingerprint density at radius 2 is 2.11 bits per heavy atom. The van der Waals surface area contributed by atoms with Crippen LogP contribution in [0.1, 0.15) is 18.9 Å². The lowest BCUT2D eigenvalue weighted by atomic mass is 10.1. The fraction of sp³-hybridized carbons (Fsp3) is 0.600. The third-order valence-corrected chi connectivity index (χ3v) is 3.73. The normalized spacial score (nSPS) is 10.8. The third kappa shape index (κ3) is 6.21. The molecule has 0 spiro atoms. The second-order valence-corrected chi connectivity index (χ2v) is 6.14. The van der Waals surface area contributed by atoms with Crippen molar-refractivity contribution in [3.63, 3.8) is 0 Å². The average molecular weight is 282 g/mol. The van der Waals surface area contributed by atoms with Gasteiger partial charge in [-0.1, -0.05) is 13.0 Å². The first-order valence-electron chi connectivity index (χ1n) is 6.80. The number of hydrogen-bond acceptors (Lipinski definition) is 4. The van der Waals surface area contributed by atoms with Crippen LogP contribution in [0.3, 0.4) is 0 Å². The summed E-state index contributed by atoms with van der Waals surface area (Å²) in [6.07, 6.45) is 1.18. The van der Waals surface area contributed by atoms with Crippen molar-refractivity contribution in [2.45, 2.75) is 19.9 Å². The van der Waals surface area contributed by atoms with E-state index in [0.29, 0.717) is 0 Å². The highest BCUT2D eigenvalue weighted by molar-refractivity contribution is 7.99. The predicted octanol–water partition coefficient (Wildman–Crippen LogP) is 3.31. The van der Waals surface area contributed by atoms with E-state index < -0.39 is 0 Å². The standard InChI is InChI=1S/C15H26N2OS/c1-5-19-10-6-9-16-14-11-13(12-17(2)3)7-8-15(14)18-4/h7-8,11,16H,5-6,9-10,12H2,1-4H3. The zero-order valence-electron chi connectivity index (χ0n) is 12.5. The largest absolute Gasteiger partial charge is 0.495 e. The van der Waals surface area contributed by atoms with E-state index in [1.165, 1.54) is 23.5 Å². The number of methoxy groups -OCH3 is 1. The lowest BCUT2D eigenvalue weighted by Crippen LogP contribution is -2.11. The summed E-state index contributed by atoms with van der Waals surface area (Å²) in [5, 5.41) is 3.48. The monoisotopic (exact) mass is 282 g/mol. The van der Waals surface area contributed by atoms with Gasteiger partial charge in [0, 0.05) is 13.1 Å².